The molecule has 1 aromatic carbocycles. The fraction of sp³-hybridized carbons (Fsp3) is 0.474. The quantitative estimate of drug-likeness (QED) is 0.442. The summed E-state index contributed by atoms with van der Waals surface area (Å²) in [7, 11) is 1.79. The van der Waals surface area contributed by atoms with E-state index in [1.54, 1.807) is 13.3 Å². The average molecular weight is 328 g/mol. The van der Waals surface area contributed by atoms with E-state index in [2.05, 4.69) is 46.6 Å². The van der Waals surface area contributed by atoms with Crippen molar-refractivity contribution < 1.29 is 4.42 Å². The van der Waals surface area contributed by atoms with Crippen LogP contribution >= 0.6 is 0 Å². The van der Waals surface area contributed by atoms with Crippen molar-refractivity contribution in [1.29, 1.82) is 0 Å². The average Bonchev–Trinajstić information content (AvgIpc) is 3.06. The van der Waals surface area contributed by atoms with Crippen LogP contribution in [0.4, 0.5) is 0 Å². The molecule has 5 heteroatoms. The highest BCUT2D eigenvalue weighted by atomic mass is 16.3. The highest BCUT2D eigenvalue weighted by molar-refractivity contribution is 5.79. The molecule has 1 aromatic heterocycles. The zero-order valence-corrected chi connectivity index (χ0v) is 14.9. The molecule has 0 amide bonds. The molecule has 0 bridgehead atoms. The van der Waals surface area contributed by atoms with E-state index in [4.69, 9.17) is 4.42 Å². The van der Waals surface area contributed by atoms with Crippen molar-refractivity contribution in [3.63, 3.8) is 0 Å². The first-order valence-electron chi connectivity index (χ1n) is 8.69. The molecule has 0 aliphatic heterocycles. The van der Waals surface area contributed by atoms with Gasteiger partial charge in [-0.05, 0) is 25.5 Å². The van der Waals surface area contributed by atoms with Gasteiger partial charge in [-0.15, -0.1) is 0 Å². The fourth-order valence-corrected chi connectivity index (χ4v) is 2.36. The first-order valence-corrected chi connectivity index (χ1v) is 8.69. The van der Waals surface area contributed by atoms with Gasteiger partial charge < -0.3 is 15.1 Å². The molecule has 24 heavy (non-hydrogen) atoms. The minimum atomic E-state index is 0.673. The number of oxazole rings is 1. The number of guanidine groups is 1. The van der Waals surface area contributed by atoms with Crippen molar-refractivity contribution >= 4 is 5.96 Å². The molecule has 0 spiro atoms. The topological polar surface area (TPSA) is 62.5 Å². The van der Waals surface area contributed by atoms with E-state index in [9.17, 15) is 0 Å². The second-order valence-corrected chi connectivity index (χ2v) is 5.89. The van der Waals surface area contributed by atoms with Crippen LogP contribution in [0.2, 0.25) is 0 Å². The molecule has 130 valence electrons. The highest BCUT2D eigenvalue weighted by Gasteiger charge is 2.06. The van der Waals surface area contributed by atoms with Crippen molar-refractivity contribution in [1.82, 2.24) is 15.6 Å². The number of aliphatic imine (C=N–C) groups is 1. The van der Waals surface area contributed by atoms with Gasteiger partial charge >= 0.3 is 0 Å². The van der Waals surface area contributed by atoms with E-state index >= 15 is 0 Å². The standard InChI is InChI=1S/C19H28N4O/c1-4-5-6-12-21-19(20-3)22-13-11-17-14-24-18(23-17)16-9-7-15(2)8-10-16/h7-10,14H,4-6,11-13H2,1-3H3,(H2,20,21,22). The zero-order valence-electron chi connectivity index (χ0n) is 14.9. The Morgan fingerprint density at radius 1 is 1.12 bits per heavy atom. The number of hydrogen-bond acceptors (Lipinski definition) is 3. The maximum absolute atomic E-state index is 5.58. The van der Waals surface area contributed by atoms with Crippen LogP contribution in [0.3, 0.4) is 0 Å². The van der Waals surface area contributed by atoms with E-state index in [0.29, 0.717) is 5.89 Å². The zero-order chi connectivity index (χ0) is 17.2. The van der Waals surface area contributed by atoms with Crippen molar-refractivity contribution in [2.24, 2.45) is 4.99 Å². The Kier molecular flexibility index (Phi) is 7.33. The fourth-order valence-electron chi connectivity index (χ4n) is 2.36. The number of aryl methyl sites for hydroxylation is 1. The van der Waals surface area contributed by atoms with Gasteiger partial charge in [-0.25, -0.2) is 4.98 Å². The number of nitrogens with zero attached hydrogens (tertiary/aromatic N) is 2. The molecular formula is C19H28N4O. The van der Waals surface area contributed by atoms with Gasteiger partial charge in [0.1, 0.15) is 6.26 Å². The maximum Gasteiger partial charge on any atom is 0.226 e. The predicted molar refractivity (Wildman–Crippen MR) is 99.3 cm³/mol. The lowest BCUT2D eigenvalue weighted by molar-refractivity contribution is 0.572. The summed E-state index contributed by atoms with van der Waals surface area (Å²) >= 11 is 0. The number of hydrogen-bond donors (Lipinski definition) is 2. The van der Waals surface area contributed by atoms with Crippen LogP contribution in [0.25, 0.3) is 11.5 Å². The minimum absolute atomic E-state index is 0.673. The largest absolute Gasteiger partial charge is 0.444 e. The molecule has 0 saturated carbocycles. The van der Waals surface area contributed by atoms with Gasteiger partial charge in [0.2, 0.25) is 5.89 Å². The van der Waals surface area contributed by atoms with E-state index in [1.807, 2.05) is 12.1 Å². The molecule has 0 fully saturated rings. The van der Waals surface area contributed by atoms with Crippen LogP contribution in [0.15, 0.2) is 39.9 Å². The van der Waals surface area contributed by atoms with Gasteiger partial charge in [0.25, 0.3) is 0 Å². The molecule has 0 unspecified atom stereocenters. The molecular weight excluding hydrogens is 300 g/mol. The van der Waals surface area contributed by atoms with Crippen LogP contribution < -0.4 is 10.6 Å². The summed E-state index contributed by atoms with van der Waals surface area (Å²) in [5, 5.41) is 6.63. The predicted octanol–water partition coefficient (Wildman–Crippen LogP) is 3.55. The lowest BCUT2D eigenvalue weighted by Crippen LogP contribution is -2.38. The molecule has 1 heterocycles. The Labute approximate surface area is 144 Å². The number of benzene rings is 1. The molecule has 0 aliphatic rings. The summed E-state index contributed by atoms with van der Waals surface area (Å²) in [6, 6.07) is 8.19. The maximum atomic E-state index is 5.58. The van der Waals surface area contributed by atoms with Crippen LogP contribution in [0.5, 0.6) is 0 Å². The third-order valence-electron chi connectivity index (χ3n) is 3.82. The number of aromatic nitrogens is 1. The number of nitrogens with one attached hydrogen (secondary N) is 2. The van der Waals surface area contributed by atoms with Gasteiger partial charge in [-0.1, -0.05) is 37.5 Å². The highest BCUT2D eigenvalue weighted by Crippen LogP contribution is 2.19. The number of rotatable bonds is 8. The Morgan fingerprint density at radius 2 is 1.88 bits per heavy atom. The number of unbranched alkanes of at least 4 members (excludes halogenated alkanes) is 2. The van der Waals surface area contributed by atoms with Gasteiger partial charge in [0, 0.05) is 32.1 Å². The summed E-state index contributed by atoms with van der Waals surface area (Å²) in [6.07, 6.45) is 6.16. The van der Waals surface area contributed by atoms with Crippen LogP contribution in [-0.2, 0) is 6.42 Å². The molecule has 2 rings (SSSR count). The van der Waals surface area contributed by atoms with E-state index in [1.165, 1.54) is 24.8 Å². The molecule has 2 N–H and O–H groups in total. The van der Waals surface area contributed by atoms with Gasteiger partial charge in [0.05, 0.1) is 5.69 Å². The Balaban J connectivity index is 1.77. The van der Waals surface area contributed by atoms with E-state index < -0.39 is 0 Å². The van der Waals surface area contributed by atoms with Crippen molar-refractivity contribution in [3.05, 3.63) is 41.8 Å². The summed E-state index contributed by atoms with van der Waals surface area (Å²) in [4.78, 5) is 8.78. The first kappa shape index (κ1) is 18.0. The van der Waals surface area contributed by atoms with Crippen molar-refractivity contribution in [2.75, 3.05) is 20.1 Å². The second kappa shape index (κ2) is 9.75. The lowest BCUT2D eigenvalue weighted by atomic mass is 10.1. The van der Waals surface area contributed by atoms with Gasteiger partial charge in [0.15, 0.2) is 5.96 Å². The third-order valence-corrected chi connectivity index (χ3v) is 3.82. The van der Waals surface area contributed by atoms with Crippen LogP contribution in [-0.4, -0.2) is 31.1 Å². The monoisotopic (exact) mass is 328 g/mol. The van der Waals surface area contributed by atoms with Gasteiger partial charge in [-0.3, -0.25) is 4.99 Å². The van der Waals surface area contributed by atoms with Crippen LogP contribution in [0, 0.1) is 6.92 Å². The lowest BCUT2D eigenvalue weighted by Gasteiger charge is -2.10. The molecule has 5 nitrogen and oxygen atoms in total. The van der Waals surface area contributed by atoms with Crippen molar-refractivity contribution in [2.45, 2.75) is 39.5 Å². The Bertz CT molecular complexity index is 631. The molecule has 0 radical (unpaired) electrons. The molecule has 0 atom stereocenters. The van der Waals surface area contributed by atoms with E-state index in [-0.39, 0.29) is 0 Å². The molecule has 0 aliphatic carbocycles. The van der Waals surface area contributed by atoms with E-state index in [0.717, 1.165) is 36.7 Å². The minimum Gasteiger partial charge on any atom is -0.444 e. The summed E-state index contributed by atoms with van der Waals surface area (Å²) in [5.74, 6) is 1.51. The first-order chi connectivity index (χ1) is 11.7. The summed E-state index contributed by atoms with van der Waals surface area (Å²) in [6.45, 7) is 6.00. The SMILES string of the molecule is CCCCCNC(=NC)NCCc1coc(-c2ccc(C)cc2)n1. The summed E-state index contributed by atoms with van der Waals surface area (Å²) in [5.41, 5.74) is 3.18. The van der Waals surface area contributed by atoms with Crippen LogP contribution in [0.1, 0.15) is 37.4 Å². The Hall–Kier alpha value is -2.30. The molecule has 0 saturated heterocycles. The van der Waals surface area contributed by atoms with Crippen molar-refractivity contribution in [3.8, 4) is 11.5 Å². The third kappa shape index (κ3) is 5.72. The summed E-state index contributed by atoms with van der Waals surface area (Å²) < 4.78 is 5.58. The normalized spacial score (nSPS) is 11.5. The molecule has 2 aromatic rings. The Morgan fingerprint density at radius 3 is 2.58 bits per heavy atom. The second-order valence-electron chi connectivity index (χ2n) is 5.89. The van der Waals surface area contributed by atoms with Gasteiger partial charge in [-0.2, -0.15) is 0 Å². The smallest absolute Gasteiger partial charge is 0.226 e.